The van der Waals surface area contributed by atoms with Crippen LogP contribution in [-0.4, -0.2) is 78.9 Å². The summed E-state index contributed by atoms with van der Waals surface area (Å²) in [6.45, 7) is 4.21. The Morgan fingerprint density at radius 1 is 1.19 bits per heavy atom. The van der Waals surface area contributed by atoms with Crippen molar-refractivity contribution >= 4 is 29.1 Å². The molecule has 11 heteroatoms. The molecule has 3 amide bonds. The number of carbonyl (C=O) groups is 3. The Kier molecular flexibility index (Phi) is 6.13. The van der Waals surface area contributed by atoms with E-state index in [1.165, 1.54) is 11.0 Å². The lowest BCUT2D eigenvalue weighted by molar-refractivity contribution is -0.137. The molecule has 2 heterocycles. The number of nitrogens with zero attached hydrogens (tertiary/aromatic N) is 3. The van der Waals surface area contributed by atoms with E-state index in [0.717, 1.165) is 25.0 Å². The van der Waals surface area contributed by atoms with E-state index in [-0.39, 0.29) is 29.7 Å². The third kappa shape index (κ3) is 5.04. The maximum absolute atomic E-state index is 13.2. The number of halogens is 3. The zero-order valence-electron chi connectivity index (χ0n) is 17.7. The van der Waals surface area contributed by atoms with Gasteiger partial charge >= 0.3 is 6.18 Å². The first-order valence-corrected chi connectivity index (χ1v) is 10.7. The molecule has 3 aliphatic rings. The summed E-state index contributed by atoms with van der Waals surface area (Å²) in [6.07, 6.45) is -2.48. The van der Waals surface area contributed by atoms with Gasteiger partial charge in [0.15, 0.2) is 0 Å². The molecule has 2 aliphatic heterocycles. The molecule has 8 nitrogen and oxygen atoms in total. The van der Waals surface area contributed by atoms with Crippen LogP contribution in [-0.2, 0) is 20.6 Å². The van der Waals surface area contributed by atoms with Gasteiger partial charge in [0, 0.05) is 32.2 Å². The highest BCUT2D eigenvalue weighted by molar-refractivity contribution is 6.11. The van der Waals surface area contributed by atoms with Gasteiger partial charge in [-0.1, -0.05) is 0 Å². The van der Waals surface area contributed by atoms with Gasteiger partial charge in [0.05, 0.1) is 29.5 Å². The highest BCUT2D eigenvalue weighted by atomic mass is 19.4. The topological polar surface area (TPSA) is 85.0 Å². The van der Waals surface area contributed by atoms with Crippen LogP contribution < -0.4 is 15.5 Å². The number of carbonyl (C=O) groups excluding carboxylic acids is 3. The highest BCUT2D eigenvalue weighted by Gasteiger charge is 2.36. The zero-order valence-corrected chi connectivity index (χ0v) is 17.7. The number of nitrogens with one attached hydrogen (secondary N) is 2. The van der Waals surface area contributed by atoms with E-state index < -0.39 is 23.7 Å². The fraction of sp³-hybridized carbons (Fsp3) is 0.571. The van der Waals surface area contributed by atoms with Crippen molar-refractivity contribution in [1.29, 1.82) is 0 Å². The molecule has 0 spiro atoms. The first-order chi connectivity index (χ1) is 15.1. The normalized spacial score (nSPS) is 21.0. The first kappa shape index (κ1) is 22.5. The molecule has 2 fully saturated rings. The van der Waals surface area contributed by atoms with Crippen LogP contribution in [0.15, 0.2) is 18.2 Å². The molecule has 4 rings (SSSR count). The van der Waals surface area contributed by atoms with Crippen LogP contribution in [0.25, 0.3) is 0 Å². The van der Waals surface area contributed by atoms with Crippen LogP contribution in [0.5, 0.6) is 0 Å². The largest absolute Gasteiger partial charge is 0.416 e. The number of amides is 3. The Balaban J connectivity index is 1.39. The monoisotopic (exact) mass is 453 g/mol. The molecular formula is C21H26F3N5O3. The number of alkyl halides is 3. The second-order valence-corrected chi connectivity index (χ2v) is 8.53. The number of piperazine rings is 1. The molecule has 32 heavy (non-hydrogen) atoms. The maximum atomic E-state index is 13.2. The fourth-order valence-electron chi connectivity index (χ4n) is 4.06. The summed E-state index contributed by atoms with van der Waals surface area (Å²) in [6, 6.07) is 2.74. The summed E-state index contributed by atoms with van der Waals surface area (Å²) in [7, 11) is 0. The summed E-state index contributed by atoms with van der Waals surface area (Å²) in [5.41, 5.74) is -0.659. The Labute approximate surface area is 183 Å². The quantitative estimate of drug-likeness (QED) is 0.702. The van der Waals surface area contributed by atoms with Crippen molar-refractivity contribution in [2.75, 3.05) is 49.5 Å². The molecule has 1 unspecified atom stereocenters. The molecule has 0 radical (unpaired) electrons. The summed E-state index contributed by atoms with van der Waals surface area (Å²) in [5, 5.41) is 5.39. The summed E-state index contributed by atoms with van der Waals surface area (Å²) < 4.78 is 39.1. The number of fused-ring (bicyclic) bond motifs is 1. The van der Waals surface area contributed by atoms with Crippen molar-refractivity contribution in [2.45, 2.75) is 38.0 Å². The predicted molar refractivity (Wildman–Crippen MR) is 111 cm³/mol. The number of hydrogen-bond donors (Lipinski definition) is 2. The molecule has 1 saturated heterocycles. The fourth-order valence-corrected chi connectivity index (χ4v) is 4.06. The maximum Gasteiger partial charge on any atom is 0.416 e. The molecular weight excluding hydrogens is 427 g/mol. The Bertz CT molecular complexity index is 910. The van der Waals surface area contributed by atoms with Gasteiger partial charge < -0.3 is 10.6 Å². The molecule has 0 bridgehead atoms. The third-order valence-corrected chi connectivity index (χ3v) is 6.08. The molecule has 0 aromatic heterocycles. The number of hydrogen-bond acceptors (Lipinski definition) is 5. The minimum absolute atomic E-state index is 0.0132. The molecule has 1 saturated carbocycles. The lowest BCUT2D eigenvalue weighted by Gasteiger charge is -2.39. The molecule has 1 aromatic rings. The zero-order chi connectivity index (χ0) is 23.0. The van der Waals surface area contributed by atoms with E-state index in [9.17, 15) is 27.6 Å². The number of benzene rings is 1. The third-order valence-electron chi connectivity index (χ3n) is 6.08. The summed E-state index contributed by atoms with van der Waals surface area (Å²) in [4.78, 5) is 42.5. The minimum Gasteiger partial charge on any atom is -0.352 e. The van der Waals surface area contributed by atoms with Crippen LogP contribution in [0.4, 0.5) is 24.5 Å². The van der Waals surface area contributed by atoms with E-state index in [4.69, 9.17) is 0 Å². The Hall–Kier alpha value is -2.66. The Morgan fingerprint density at radius 3 is 2.50 bits per heavy atom. The first-order valence-electron chi connectivity index (χ1n) is 10.7. The Morgan fingerprint density at radius 2 is 1.88 bits per heavy atom. The van der Waals surface area contributed by atoms with Crippen molar-refractivity contribution in [3.8, 4) is 0 Å². The van der Waals surface area contributed by atoms with E-state index in [1.807, 2.05) is 9.80 Å². The van der Waals surface area contributed by atoms with Crippen LogP contribution >= 0.6 is 0 Å². The van der Waals surface area contributed by atoms with Crippen LogP contribution in [0.1, 0.15) is 25.3 Å². The second kappa shape index (κ2) is 8.70. The van der Waals surface area contributed by atoms with Gasteiger partial charge in [-0.05, 0) is 38.0 Å². The van der Waals surface area contributed by atoms with Crippen LogP contribution in [0.2, 0.25) is 0 Å². The highest BCUT2D eigenvalue weighted by Crippen LogP contribution is 2.37. The van der Waals surface area contributed by atoms with E-state index >= 15 is 0 Å². The van der Waals surface area contributed by atoms with Gasteiger partial charge in [0.25, 0.3) is 0 Å². The van der Waals surface area contributed by atoms with Gasteiger partial charge in [-0.3, -0.25) is 29.1 Å². The number of anilines is 2. The number of rotatable bonds is 5. The van der Waals surface area contributed by atoms with Crippen LogP contribution in [0.3, 0.4) is 0 Å². The minimum atomic E-state index is -4.55. The molecule has 1 atom stereocenters. The van der Waals surface area contributed by atoms with Gasteiger partial charge in [0.1, 0.15) is 6.54 Å². The van der Waals surface area contributed by atoms with Gasteiger partial charge in [-0.25, -0.2) is 0 Å². The van der Waals surface area contributed by atoms with Crippen molar-refractivity contribution < 1.29 is 27.6 Å². The van der Waals surface area contributed by atoms with Crippen LogP contribution in [0, 0.1) is 0 Å². The van der Waals surface area contributed by atoms with Gasteiger partial charge in [-0.15, -0.1) is 0 Å². The molecule has 1 aromatic carbocycles. The second-order valence-electron chi connectivity index (χ2n) is 8.53. The average molecular weight is 453 g/mol. The van der Waals surface area contributed by atoms with Crippen molar-refractivity contribution in [3.63, 3.8) is 0 Å². The predicted octanol–water partition coefficient (Wildman–Crippen LogP) is 1.28. The van der Waals surface area contributed by atoms with E-state index in [2.05, 4.69) is 10.6 Å². The van der Waals surface area contributed by atoms with Crippen molar-refractivity contribution in [3.05, 3.63) is 23.8 Å². The van der Waals surface area contributed by atoms with Gasteiger partial charge in [0.2, 0.25) is 17.7 Å². The lowest BCUT2D eigenvalue weighted by atomic mass is 10.1. The SMILES string of the molecule is CC(C(=O)N1CC(=O)Nc2cc(C(F)(F)F)ccc21)N1CCN(CC(=O)NC2CC2)CC1. The average Bonchev–Trinajstić information content (AvgIpc) is 3.55. The summed E-state index contributed by atoms with van der Waals surface area (Å²) >= 11 is 0. The molecule has 2 N–H and O–H groups in total. The lowest BCUT2D eigenvalue weighted by Crippen LogP contribution is -2.57. The van der Waals surface area contributed by atoms with E-state index in [0.29, 0.717) is 38.8 Å². The summed E-state index contributed by atoms with van der Waals surface area (Å²) in [5.74, 6) is -0.871. The van der Waals surface area contributed by atoms with Crippen molar-refractivity contribution in [1.82, 2.24) is 15.1 Å². The standard InChI is InChI=1S/C21H26F3N5O3/c1-13(28-8-6-27(7-9-28)11-18(30)25-15-3-4-15)20(32)29-12-19(31)26-16-10-14(21(22,23)24)2-5-17(16)29/h2,5,10,13,15H,3-4,6-9,11-12H2,1H3,(H,25,30)(H,26,31). The molecule has 174 valence electrons. The van der Waals surface area contributed by atoms with Crippen molar-refractivity contribution in [2.24, 2.45) is 0 Å². The van der Waals surface area contributed by atoms with Gasteiger partial charge in [-0.2, -0.15) is 13.2 Å². The van der Waals surface area contributed by atoms with E-state index in [1.54, 1.807) is 6.92 Å². The molecule has 1 aliphatic carbocycles. The smallest absolute Gasteiger partial charge is 0.352 e.